The smallest absolute Gasteiger partial charge is 0.229 e. The van der Waals surface area contributed by atoms with Crippen molar-refractivity contribution < 1.29 is 14.2 Å². The van der Waals surface area contributed by atoms with Crippen LogP contribution >= 0.6 is 0 Å². The lowest BCUT2D eigenvalue weighted by atomic mass is 10.2. The van der Waals surface area contributed by atoms with Gasteiger partial charge in [0.1, 0.15) is 5.82 Å². The Labute approximate surface area is 142 Å². The fourth-order valence-electron chi connectivity index (χ4n) is 2.19. The van der Waals surface area contributed by atoms with E-state index in [4.69, 9.17) is 14.2 Å². The highest BCUT2D eigenvalue weighted by Gasteiger charge is 2.13. The highest BCUT2D eigenvalue weighted by molar-refractivity contribution is 5.66. The van der Waals surface area contributed by atoms with Crippen LogP contribution in [-0.4, -0.2) is 37.8 Å². The molecule has 0 fully saturated rings. The SMILES string of the molecule is CCCCNc1ccnc(Nc2cc(OC)c(OC)c(OC)c2)n1. The highest BCUT2D eigenvalue weighted by atomic mass is 16.5. The lowest BCUT2D eigenvalue weighted by Gasteiger charge is -2.14. The van der Waals surface area contributed by atoms with Crippen LogP contribution in [0, 0.1) is 0 Å². The third-order valence-electron chi connectivity index (χ3n) is 3.41. The molecule has 2 N–H and O–H groups in total. The monoisotopic (exact) mass is 332 g/mol. The van der Waals surface area contributed by atoms with Crippen LogP contribution < -0.4 is 24.8 Å². The van der Waals surface area contributed by atoms with Crippen LogP contribution in [0.2, 0.25) is 0 Å². The van der Waals surface area contributed by atoms with Crippen LogP contribution in [0.1, 0.15) is 19.8 Å². The summed E-state index contributed by atoms with van der Waals surface area (Å²) in [6, 6.07) is 5.46. The Morgan fingerprint density at radius 3 is 2.33 bits per heavy atom. The summed E-state index contributed by atoms with van der Waals surface area (Å²) in [7, 11) is 4.73. The standard InChI is InChI=1S/C17H24N4O3/c1-5-6-8-18-15-7-9-19-17(21-15)20-12-10-13(22-2)16(24-4)14(11-12)23-3/h7,9-11H,5-6,8H2,1-4H3,(H2,18,19,20,21). The molecule has 0 aliphatic carbocycles. The molecule has 0 aliphatic heterocycles. The van der Waals surface area contributed by atoms with E-state index in [1.165, 1.54) is 0 Å². The van der Waals surface area contributed by atoms with E-state index in [1.54, 1.807) is 27.5 Å². The number of unbranched alkanes of at least 4 members (excludes halogenated alkanes) is 1. The molecule has 0 saturated carbocycles. The maximum atomic E-state index is 5.35. The first-order chi connectivity index (χ1) is 11.7. The van der Waals surface area contributed by atoms with E-state index in [-0.39, 0.29) is 0 Å². The van der Waals surface area contributed by atoms with Gasteiger partial charge in [-0.25, -0.2) is 4.98 Å². The molecule has 0 spiro atoms. The molecule has 1 heterocycles. The summed E-state index contributed by atoms with van der Waals surface area (Å²) in [5.41, 5.74) is 0.746. The van der Waals surface area contributed by atoms with Gasteiger partial charge in [-0.15, -0.1) is 0 Å². The Kier molecular flexibility index (Phi) is 6.48. The van der Waals surface area contributed by atoms with Crippen molar-refractivity contribution in [3.05, 3.63) is 24.4 Å². The Bertz CT molecular complexity index is 639. The van der Waals surface area contributed by atoms with Gasteiger partial charge >= 0.3 is 0 Å². The molecule has 24 heavy (non-hydrogen) atoms. The van der Waals surface area contributed by atoms with E-state index in [0.29, 0.717) is 23.2 Å². The van der Waals surface area contributed by atoms with Crippen LogP contribution in [0.25, 0.3) is 0 Å². The van der Waals surface area contributed by atoms with Gasteiger partial charge in [-0.3, -0.25) is 0 Å². The predicted octanol–water partition coefficient (Wildman–Crippen LogP) is 3.46. The first-order valence-corrected chi connectivity index (χ1v) is 7.85. The molecule has 0 saturated heterocycles. The summed E-state index contributed by atoms with van der Waals surface area (Å²) >= 11 is 0. The second kappa shape index (κ2) is 8.81. The Morgan fingerprint density at radius 2 is 1.75 bits per heavy atom. The Balaban J connectivity index is 2.20. The maximum Gasteiger partial charge on any atom is 0.229 e. The normalized spacial score (nSPS) is 10.2. The zero-order chi connectivity index (χ0) is 17.4. The second-order valence-corrected chi connectivity index (χ2v) is 5.08. The quantitative estimate of drug-likeness (QED) is 0.681. The second-order valence-electron chi connectivity index (χ2n) is 5.08. The van der Waals surface area contributed by atoms with Gasteiger partial charge in [-0.05, 0) is 12.5 Å². The molecule has 0 aliphatic rings. The Morgan fingerprint density at radius 1 is 1.04 bits per heavy atom. The maximum absolute atomic E-state index is 5.35. The lowest BCUT2D eigenvalue weighted by Crippen LogP contribution is -2.05. The molecule has 2 aromatic rings. The van der Waals surface area contributed by atoms with Crippen LogP contribution in [-0.2, 0) is 0 Å². The molecule has 130 valence electrons. The van der Waals surface area contributed by atoms with Crippen molar-refractivity contribution in [1.29, 1.82) is 0 Å². The highest BCUT2D eigenvalue weighted by Crippen LogP contribution is 2.40. The summed E-state index contributed by atoms with van der Waals surface area (Å²) in [5.74, 6) is 2.95. The summed E-state index contributed by atoms with van der Waals surface area (Å²) in [6.45, 7) is 3.04. The van der Waals surface area contributed by atoms with Crippen molar-refractivity contribution in [2.24, 2.45) is 0 Å². The zero-order valence-corrected chi connectivity index (χ0v) is 14.5. The molecule has 1 aromatic heterocycles. The van der Waals surface area contributed by atoms with Gasteiger partial charge in [0.05, 0.1) is 21.3 Å². The van der Waals surface area contributed by atoms with Crippen molar-refractivity contribution in [3.63, 3.8) is 0 Å². The molecule has 0 radical (unpaired) electrons. The first kappa shape index (κ1) is 17.7. The molecule has 0 amide bonds. The minimum Gasteiger partial charge on any atom is -0.493 e. The summed E-state index contributed by atoms with van der Waals surface area (Å²) in [5, 5.41) is 6.43. The molecule has 7 nitrogen and oxygen atoms in total. The van der Waals surface area contributed by atoms with Crippen molar-refractivity contribution in [2.45, 2.75) is 19.8 Å². The molecular formula is C17H24N4O3. The first-order valence-electron chi connectivity index (χ1n) is 7.85. The number of benzene rings is 1. The van der Waals surface area contributed by atoms with Gasteiger partial charge < -0.3 is 24.8 Å². The van der Waals surface area contributed by atoms with Crippen molar-refractivity contribution in [1.82, 2.24) is 9.97 Å². The number of anilines is 3. The van der Waals surface area contributed by atoms with E-state index in [2.05, 4.69) is 27.5 Å². The number of hydrogen-bond donors (Lipinski definition) is 2. The average Bonchev–Trinajstić information content (AvgIpc) is 2.61. The van der Waals surface area contributed by atoms with E-state index in [1.807, 2.05) is 18.2 Å². The van der Waals surface area contributed by atoms with E-state index >= 15 is 0 Å². The van der Waals surface area contributed by atoms with Crippen molar-refractivity contribution in [3.8, 4) is 17.2 Å². The van der Waals surface area contributed by atoms with Gasteiger partial charge in [-0.2, -0.15) is 4.98 Å². The topological polar surface area (TPSA) is 77.5 Å². The van der Waals surface area contributed by atoms with Gasteiger partial charge in [0.25, 0.3) is 0 Å². The fraction of sp³-hybridized carbons (Fsp3) is 0.412. The minimum absolute atomic E-state index is 0.491. The lowest BCUT2D eigenvalue weighted by molar-refractivity contribution is 0.324. The molecule has 0 unspecified atom stereocenters. The molecular weight excluding hydrogens is 308 g/mol. The summed E-state index contributed by atoms with van der Waals surface area (Å²) < 4.78 is 16.0. The minimum atomic E-state index is 0.491. The molecule has 1 aromatic carbocycles. The van der Waals surface area contributed by atoms with E-state index in [0.717, 1.165) is 30.9 Å². The van der Waals surface area contributed by atoms with Gasteiger partial charge in [0.2, 0.25) is 11.7 Å². The third-order valence-corrected chi connectivity index (χ3v) is 3.41. The summed E-state index contributed by atoms with van der Waals surface area (Å²) in [4.78, 5) is 8.69. The third kappa shape index (κ3) is 4.41. The number of aromatic nitrogens is 2. The number of methoxy groups -OCH3 is 3. The molecule has 2 rings (SSSR count). The van der Waals surface area contributed by atoms with Crippen molar-refractivity contribution >= 4 is 17.5 Å². The van der Waals surface area contributed by atoms with Gasteiger partial charge in [0, 0.05) is 30.6 Å². The molecule has 0 atom stereocenters. The number of ether oxygens (including phenoxy) is 3. The van der Waals surface area contributed by atoms with E-state index < -0.39 is 0 Å². The van der Waals surface area contributed by atoms with Gasteiger partial charge in [-0.1, -0.05) is 13.3 Å². The van der Waals surface area contributed by atoms with Crippen LogP contribution in [0.15, 0.2) is 24.4 Å². The Hall–Kier alpha value is -2.70. The number of rotatable bonds is 9. The summed E-state index contributed by atoms with van der Waals surface area (Å²) in [6.07, 6.45) is 3.94. The number of hydrogen-bond acceptors (Lipinski definition) is 7. The van der Waals surface area contributed by atoms with Crippen LogP contribution in [0.4, 0.5) is 17.5 Å². The number of nitrogens with one attached hydrogen (secondary N) is 2. The predicted molar refractivity (Wildman–Crippen MR) is 94.8 cm³/mol. The van der Waals surface area contributed by atoms with Crippen molar-refractivity contribution in [2.75, 3.05) is 38.5 Å². The molecule has 0 bridgehead atoms. The zero-order valence-electron chi connectivity index (χ0n) is 14.5. The largest absolute Gasteiger partial charge is 0.493 e. The van der Waals surface area contributed by atoms with Crippen LogP contribution in [0.3, 0.4) is 0 Å². The van der Waals surface area contributed by atoms with Crippen LogP contribution in [0.5, 0.6) is 17.2 Å². The fourth-order valence-corrected chi connectivity index (χ4v) is 2.19. The van der Waals surface area contributed by atoms with E-state index in [9.17, 15) is 0 Å². The average molecular weight is 332 g/mol. The molecule has 7 heteroatoms. The number of nitrogens with zero attached hydrogens (tertiary/aromatic N) is 2. The van der Waals surface area contributed by atoms with Gasteiger partial charge in [0.15, 0.2) is 11.5 Å².